The van der Waals surface area contributed by atoms with Crippen molar-refractivity contribution in [2.24, 2.45) is 10.4 Å². The van der Waals surface area contributed by atoms with Gasteiger partial charge in [-0.25, -0.2) is 18.7 Å². The molecule has 0 atom stereocenters. The van der Waals surface area contributed by atoms with Crippen molar-refractivity contribution < 1.29 is 23.1 Å². The van der Waals surface area contributed by atoms with Gasteiger partial charge in [-0.2, -0.15) is 0 Å². The predicted octanol–water partition coefficient (Wildman–Crippen LogP) is 5.38. The Hall–Kier alpha value is -5.19. The van der Waals surface area contributed by atoms with Crippen molar-refractivity contribution in [1.29, 1.82) is 0 Å². The van der Waals surface area contributed by atoms with Gasteiger partial charge >= 0.3 is 0 Å². The largest absolute Gasteiger partial charge is 0.454 e. The van der Waals surface area contributed by atoms with Crippen LogP contribution >= 0.6 is 0 Å². The molecule has 2 amide bonds. The second-order valence-corrected chi connectivity index (χ2v) is 9.79. The number of rotatable bonds is 10. The fraction of sp³-hybridized carbons (Fsp3) is 0.194. The number of carbonyl (C=O) groups excluding carboxylic acids is 2. The molecule has 1 aromatic heterocycles. The second kappa shape index (κ2) is 12.1. The first-order chi connectivity index (χ1) is 20.3. The lowest BCUT2D eigenvalue weighted by Crippen LogP contribution is -2.35. The van der Waals surface area contributed by atoms with E-state index >= 15 is 4.39 Å². The minimum atomic E-state index is -1.28. The Kier molecular flexibility index (Phi) is 8.19. The van der Waals surface area contributed by atoms with Crippen molar-refractivity contribution in [3.63, 3.8) is 0 Å². The number of anilines is 2. The average Bonchev–Trinajstić information content (AvgIpc) is 3.81. The minimum absolute atomic E-state index is 0.0919. The summed E-state index contributed by atoms with van der Waals surface area (Å²) in [4.78, 5) is 38.4. The molecule has 0 bridgehead atoms. The molecule has 3 aromatic rings. The summed E-state index contributed by atoms with van der Waals surface area (Å²) in [6.07, 6.45) is 9.79. The number of halogens is 2. The number of hydrogen-bond donors (Lipinski definition) is 3. The van der Waals surface area contributed by atoms with E-state index in [2.05, 4.69) is 37.5 Å². The van der Waals surface area contributed by atoms with E-state index in [-0.39, 0.29) is 17.2 Å². The van der Waals surface area contributed by atoms with Crippen LogP contribution in [-0.4, -0.2) is 34.5 Å². The number of nitrogens with one attached hydrogen (secondary N) is 3. The van der Waals surface area contributed by atoms with Crippen LogP contribution in [0.15, 0.2) is 95.9 Å². The Morgan fingerprint density at radius 3 is 2.38 bits per heavy atom. The Morgan fingerprint density at radius 2 is 1.74 bits per heavy atom. The minimum Gasteiger partial charge on any atom is -0.454 e. The van der Waals surface area contributed by atoms with Gasteiger partial charge in [0.15, 0.2) is 11.6 Å². The maximum absolute atomic E-state index is 15.1. The molecule has 214 valence electrons. The van der Waals surface area contributed by atoms with Crippen LogP contribution in [0.5, 0.6) is 5.75 Å². The number of ether oxygens (including phenoxy) is 1. The smallest absolute Gasteiger partial charge is 0.240 e. The van der Waals surface area contributed by atoms with Crippen molar-refractivity contribution in [3.05, 3.63) is 108 Å². The number of amides is 2. The van der Waals surface area contributed by atoms with Gasteiger partial charge in [0.25, 0.3) is 0 Å². The summed E-state index contributed by atoms with van der Waals surface area (Å²) in [5, 5.41) is 8.53. The number of allylic oxidation sites excluding steroid dienone is 1. The zero-order chi connectivity index (χ0) is 29.7. The zero-order valence-corrected chi connectivity index (χ0v) is 22.8. The van der Waals surface area contributed by atoms with Gasteiger partial charge in [0.2, 0.25) is 11.8 Å². The van der Waals surface area contributed by atoms with Crippen LogP contribution in [0.1, 0.15) is 31.7 Å². The number of benzene rings is 2. The number of aliphatic imine (C=N–C) groups is 1. The second-order valence-electron chi connectivity index (χ2n) is 9.79. The summed E-state index contributed by atoms with van der Waals surface area (Å²) in [6.45, 7) is 6.28. The van der Waals surface area contributed by atoms with Crippen LogP contribution in [0.4, 0.5) is 20.2 Å². The lowest BCUT2D eigenvalue weighted by molar-refractivity contribution is -0.131. The molecule has 0 spiro atoms. The molecule has 3 N–H and O–H groups in total. The van der Waals surface area contributed by atoms with Crippen molar-refractivity contribution in [2.45, 2.75) is 26.2 Å². The molecule has 0 saturated heterocycles. The molecular weight excluding hydrogens is 542 g/mol. The fourth-order valence-corrected chi connectivity index (χ4v) is 4.29. The van der Waals surface area contributed by atoms with E-state index in [1.807, 2.05) is 13.0 Å². The van der Waals surface area contributed by atoms with Crippen LogP contribution in [-0.2, 0) is 9.59 Å². The maximum Gasteiger partial charge on any atom is 0.240 e. The van der Waals surface area contributed by atoms with Gasteiger partial charge in [-0.1, -0.05) is 13.5 Å². The predicted molar refractivity (Wildman–Crippen MR) is 155 cm³/mol. The van der Waals surface area contributed by atoms with E-state index in [4.69, 9.17) is 4.74 Å². The van der Waals surface area contributed by atoms with Crippen LogP contribution in [0.25, 0.3) is 5.70 Å². The van der Waals surface area contributed by atoms with Crippen molar-refractivity contribution in [1.82, 2.24) is 15.3 Å². The highest BCUT2D eigenvalue weighted by molar-refractivity contribution is 6.16. The summed E-state index contributed by atoms with van der Waals surface area (Å²) in [5.41, 5.74) is 2.08. The SMILES string of the molecule is C=C(Oc1ccc(NC(=O)C2(C(=O)Nc3ccc(F)cc3)CC2)cc1F)C1=C(N=CCC)C=C(c2cncnc2)NC1. The molecule has 42 heavy (non-hydrogen) atoms. The molecule has 1 aliphatic carbocycles. The third kappa shape index (κ3) is 6.25. The molecule has 5 rings (SSSR count). The van der Waals surface area contributed by atoms with Crippen LogP contribution in [0.2, 0.25) is 0 Å². The van der Waals surface area contributed by atoms with Crippen LogP contribution in [0, 0.1) is 17.0 Å². The molecule has 11 heteroatoms. The fourth-order valence-electron chi connectivity index (χ4n) is 4.29. The quantitative estimate of drug-likeness (QED) is 0.171. The molecule has 2 aliphatic rings. The summed E-state index contributed by atoms with van der Waals surface area (Å²) >= 11 is 0. The van der Waals surface area contributed by atoms with E-state index in [1.54, 1.807) is 18.6 Å². The zero-order valence-electron chi connectivity index (χ0n) is 22.8. The summed E-state index contributed by atoms with van der Waals surface area (Å²) in [6, 6.07) is 9.23. The van der Waals surface area contributed by atoms with Gasteiger partial charge in [-0.3, -0.25) is 14.6 Å². The maximum atomic E-state index is 15.1. The average molecular weight is 571 g/mol. The first kappa shape index (κ1) is 28.3. The Bertz CT molecular complexity index is 1610. The van der Waals surface area contributed by atoms with Crippen LogP contribution < -0.4 is 20.7 Å². The van der Waals surface area contributed by atoms with Crippen molar-refractivity contribution >= 4 is 35.1 Å². The van der Waals surface area contributed by atoms with Gasteiger partial charge in [-0.15, -0.1) is 0 Å². The highest BCUT2D eigenvalue weighted by atomic mass is 19.1. The number of dihydropyridines is 1. The van der Waals surface area contributed by atoms with E-state index in [1.165, 1.54) is 42.7 Å². The van der Waals surface area contributed by atoms with Crippen molar-refractivity contribution in [2.75, 3.05) is 17.2 Å². The van der Waals surface area contributed by atoms with Crippen molar-refractivity contribution in [3.8, 4) is 5.75 Å². The first-order valence-electron chi connectivity index (χ1n) is 13.3. The lowest BCUT2D eigenvalue weighted by atomic mass is 10.0. The van der Waals surface area contributed by atoms with E-state index in [0.29, 0.717) is 42.8 Å². The van der Waals surface area contributed by atoms with Gasteiger partial charge in [0.05, 0.1) is 5.70 Å². The first-order valence-corrected chi connectivity index (χ1v) is 13.3. The van der Waals surface area contributed by atoms with Gasteiger partial charge in [0, 0.05) is 59.4 Å². The molecular formula is C31H28F2N6O3. The highest BCUT2D eigenvalue weighted by Gasteiger charge is 2.56. The number of nitrogens with zero attached hydrogens (tertiary/aromatic N) is 3. The highest BCUT2D eigenvalue weighted by Crippen LogP contribution is 2.47. The molecule has 9 nitrogen and oxygen atoms in total. The van der Waals surface area contributed by atoms with E-state index < -0.39 is 28.9 Å². The molecule has 0 radical (unpaired) electrons. The third-order valence-corrected chi connectivity index (χ3v) is 6.81. The van der Waals surface area contributed by atoms with E-state index in [9.17, 15) is 14.0 Å². The van der Waals surface area contributed by atoms with Gasteiger partial charge < -0.3 is 20.7 Å². The normalized spacial score (nSPS) is 15.5. The van der Waals surface area contributed by atoms with Crippen LogP contribution in [0.3, 0.4) is 0 Å². The molecule has 1 aliphatic heterocycles. The molecule has 1 saturated carbocycles. The topological polar surface area (TPSA) is 118 Å². The molecule has 0 unspecified atom stereocenters. The lowest BCUT2D eigenvalue weighted by Gasteiger charge is -2.22. The van der Waals surface area contributed by atoms with Gasteiger partial charge in [-0.05, 0) is 61.7 Å². The number of carbonyl (C=O) groups is 2. The molecule has 2 heterocycles. The summed E-state index contributed by atoms with van der Waals surface area (Å²) < 4.78 is 34.0. The molecule has 1 fully saturated rings. The summed E-state index contributed by atoms with van der Waals surface area (Å²) in [7, 11) is 0. The third-order valence-electron chi connectivity index (χ3n) is 6.81. The standard InChI is InChI=1S/C31H28F2N6O3/c1-3-12-36-27-14-26(20-15-34-18-35-16-20)37-17-24(27)19(2)42-28-9-8-23(13-25(28)33)39-30(41)31(10-11-31)29(40)38-22-6-4-21(32)5-7-22/h4-9,12-16,18,37H,2-3,10-11,17H2,1H3,(H,38,40)(H,39,41). The van der Waals surface area contributed by atoms with Gasteiger partial charge in [0.1, 0.15) is 23.3 Å². The monoisotopic (exact) mass is 570 g/mol. The van der Waals surface area contributed by atoms with E-state index in [0.717, 1.165) is 17.3 Å². The number of hydrogen-bond acceptors (Lipinski definition) is 7. The Labute approximate surface area is 241 Å². The Morgan fingerprint density at radius 1 is 1.07 bits per heavy atom. The number of aromatic nitrogens is 2. The Balaban J connectivity index is 1.27. The summed E-state index contributed by atoms with van der Waals surface area (Å²) in [5.74, 6) is -2.11. The molecule has 2 aromatic carbocycles.